The molecule has 1 aromatic rings. The van der Waals surface area contributed by atoms with Crippen LogP contribution in [0.2, 0.25) is 0 Å². The van der Waals surface area contributed by atoms with Gasteiger partial charge in [-0.3, -0.25) is 19.7 Å². The number of nitrogens with one attached hydrogen (secondary N) is 1. The fourth-order valence-corrected chi connectivity index (χ4v) is 2.64. The zero-order valence-electron chi connectivity index (χ0n) is 13.5. The molecule has 6 nitrogen and oxygen atoms in total. The van der Waals surface area contributed by atoms with E-state index >= 15 is 0 Å². The largest absolute Gasteiger partial charge is 0.395 e. The van der Waals surface area contributed by atoms with Crippen LogP contribution in [0.4, 0.5) is 0 Å². The zero-order valence-corrected chi connectivity index (χ0v) is 13.5. The van der Waals surface area contributed by atoms with Crippen molar-refractivity contribution in [3.63, 3.8) is 0 Å². The number of benzene rings is 1. The maximum Gasteiger partial charge on any atom is 0.249 e. The Labute approximate surface area is 140 Å². The number of hydrogen-bond donors (Lipinski definition) is 2. The lowest BCUT2D eigenvalue weighted by atomic mass is 9.99. The van der Waals surface area contributed by atoms with Crippen molar-refractivity contribution in [1.29, 1.82) is 0 Å². The molecule has 1 aliphatic heterocycles. The summed E-state index contributed by atoms with van der Waals surface area (Å²) in [5.41, 5.74) is 2.59. The molecule has 1 atom stereocenters. The van der Waals surface area contributed by atoms with Gasteiger partial charge in [0.15, 0.2) is 0 Å². The quantitative estimate of drug-likeness (QED) is 0.468. The van der Waals surface area contributed by atoms with Crippen molar-refractivity contribution in [2.24, 2.45) is 0 Å². The minimum atomic E-state index is -0.655. The number of amides is 3. The van der Waals surface area contributed by atoms with Crippen LogP contribution in [0.1, 0.15) is 36.0 Å². The van der Waals surface area contributed by atoms with Crippen LogP contribution in [0.5, 0.6) is 0 Å². The first-order valence-corrected chi connectivity index (χ1v) is 7.79. The predicted octanol–water partition coefficient (Wildman–Crippen LogP) is 0.493. The number of hydrogen-bond acceptors (Lipinski definition) is 4. The van der Waals surface area contributed by atoms with Crippen LogP contribution in [0.15, 0.2) is 18.2 Å². The van der Waals surface area contributed by atoms with Crippen molar-refractivity contribution in [1.82, 2.24) is 10.2 Å². The van der Waals surface area contributed by atoms with Gasteiger partial charge < -0.3 is 10.0 Å². The molecule has 2 rings (SSSR count). The number of aliphatic hydroxyl groups is 1. The van der Waals surface area contributed by atoms with E-state index in [-0.39, 0.29) is 25.5 Å². The third-order valence-electron chi connectivity index (χ3n) is 3.96. The maximum atomic E-state index is 12.0. The molecular weight excluding hydrogens is 308 g/mol. The van der Waals surface area contributed by atoms with Crippen molar-refractivity contribution >= 4 is 18.2 Å². The van der Waals surface area contributed by atoms with Gasteiger partial charge in [0, 0.05) is 24.9 Å². The standard InChI is InChI=1S/C18H20N2O4/c1-13-5-4-7-14(6-2-3-10-21)15(13)11-20(12-22)16-8-9-17(23)19-18(16)24/h4-5,7,12,16,21H,3,8-11H2,1H3,(H,19,23,24). The molecule has 0 spiro atoms. The van der Waals surface area contributed by atoms with E-state index in [1.54, 1.807) is 0 Å². The summed E-state index contributed by atoms with van der Waals surface area (Å²) < 4.78 is 0. The van der Waals surface area contributed by atoms with Gasteiger partial charge in [-0.1, -0.05) is 24.0 Å². The summed E-state index contributed by atoms with van der Waals surface area (Å²) in [6.07, 6.45) is 1.55. The van der Waals surface area contributed by atoms with Crippen molar-refractivity contribution in [3.8, 4) is 11.8 Å². The minimum Gasteiger partial charge on any atom is -0.395 e. The minimum absolute atomic E-state index is 0.00904. The summed E-state index contributed by atoms with van der Waals surface area (Å²) in [6.45, 7) is 2.15. The highest BCUT2D eigenvalue weighted by molar-refractivity contribution is 6.00. The molecule has 1 saturated heterocycles. The van der Waals surface area contributed by atoms with Gasteiger partial charge in [-0.15, -0.1) is 0 Å². The topological polar surface area (TPSA) is 86.7 Å². The average molecular weight is 328 g/mol. The van der Waals surface area contributed by atoms with Gasteiger partial charge in [-0.2, -0.15) is 0 Å². The molecule has 2 N–H and O–H groups in total. The van der Waals surface area contributed by atoms with Gasteiger partial charge in [0.1, 0.15) is 6.04 Å². The molecule has 0 radical (unpaired) electrons. The molecule has 1 aliphatic rings. The molecule has 0 aliphatic carbocycles. The Morgan fingerprint density at radius 1 is 1.42 bits per heavy atom. The number of imide groups is 1. The fraction of sp³-hybridized carbons (Fsp3) is 0.389. The van der Waals surface area contributed by atoms with Gasteiger partial charge in [-0.05, 0) is 30.5 Å². The Morgan fingerprint density at radius 2 is 2.21 bits per heavy atom. The third-order valence-corrected chi connectivity index (χ3v) is 3.96. The summed E-state index contributed by atoms with van der Waals surface area (Å²) in [5, 5.41) is 11.1. The number of rotatable bonds is 5. The normalized spacial score (nSPS) is 16.8. The average Bonchev–Trinajstić information content (AvgIpc) is 2.55. The number of piperidine rings is 1. The second-order valence-electron chi connectivity index (χ2n) is 5.62. The third kappa shape index (κ3) is 4.21. The van der Waals surface area contributed by atoms with Crippen molar-refractivity contribution in [3.05, 3.63) is 34.9 Å². The maximum absolute atomic E-state index is 12.0. The Kier molecular flexibility index (Phi) is 6.10. The van der Waals surface area contributed by atoms with E-state index in [1.165, 1.54) is 4.90 Å². The Hall–Kier alpha value is -2.65. The van der Waals surface area contributed by atoms with Gasteiger partial charge in [0.25, 0.3) is 0 Å². The molecule has 126 valence electrons. The lowest BCUT2D eigenvalue weighted by molar-refractivity contribution is -0.141. The SMILES string of the molecule is Cc1cccc(C#CCCO)c1CN(C=O)C1CCC(=O)NC1=O. The van der Waals surface area contributed by atoms with E-state index in [1.807, 2.05) is 25.1 Å². The van der Waals surface area contributed by atoms with Gasteiger partial charge >= 0.3 is 0 Å². The van der Waals surface area contributed by atoms with Crippen molar-refractivity contribution in [2.75, 3.05) is 6.61 Å². The summed E-state index contributed by atoms with van der Waals surface area (Å²) in [6, 6.07) is 4.98. The van der Waals surface area contributed by atoms with Crippen LogP contribution in [-0.2, 0) is 20.9 Å². The first-order chi connectivity index (χ1) is 11.6. The first kappa shape index (κ1) is 17.7. The van der Waals surface area contributed by atoms with Crippen LogP contribution in [0, 0.1) is 18.8 Å². The Bertz CT molecular complexity index is 703. The van der Waals surface area contributed by atoms with Crippen LogP contribution in [0.3, 0.4) is 0 Å². The van der Waals surface area contributed by atoms with Crippen molar-refractivity contribution in [2.45, 2.75) is 38.8 Å². The monoisotopic (exact) mass is 328 g/mol. The van der Waals surface area contributed by atoms with E-state index in [2.05, 4.69) is 17.2 Å². The van der Waals surface area contributed by atoms with E-state index < -0.39 is 11.9 Å². The number of carbonyl (C=O) groups excluding carboxylic acids is 3. The molecule has 3 amide bonds. The molecule has 6 heteroatoms. The Morgan fingerprint density at radius 3 is 2.88 bits per heavy atom. The number of carbonyl (C=O) groups is 3. The van der Waals surface area contributed by atoms with E-state index in [4.69, 9.17) is 5.11 Å². The summed E-state index contributed by atoms with van der Waals surface area (Å²) in [5.74, 6) is 5.12. The second kappa shape index (κ2) is 8.27. The summed E-state index contributed by atoms with van der Waals surface area (Å²) in [7, 11) is 0. The van der Waals surface area contributed by atoms with Crippen molar-refractivity contribution < 1.29 is 19.5 Å². The highest BCUT2D eigenvalue weighted by Crippen LogP contribution is 2.19. The lowest BCUT2D eigenvalue weighted by Gasteiger charge is -2.30. The molecule has 1 heterocycles. The number of aliphatic hydroxyl groups excluding tert-OH is 1. The van der Waals surface area contributed by atoms with Crippen LogP contribution < -0.4 is 5.32 Å². The van der Waals surface area contributed by atoms with Gasteiger partial charge in [-0.25, -0.2) is 0 Å². The zero-order chi connectivity index (χ0) is 17.5. The lowest BCUT2D eigenvalue weighted by Crippen LogP contribution is -2.51. The second-order valence-corrected chi connectivity index (χ2v) is 5.62. The van der Waals surface area contributed by atoms with E-state index in [0.29, 0.717) is 19.3 Å². The number of nitrogens with zero attached hydrogens (tertiary/aromatic N) is 1. The van der Waals surface area contributed by atoms with Crippen LogP contribution in [0.25, 0.3) is 0 Å². The van der Waals surface area contributed by atoms with Gasteiger partial charge in [0.05, 0.1) is 6.61 Å². The molecule has 24 heavy (non-hydrogen) atoms. The summed E-state index contributed by atoms with van der Waals surface area (Å²) >= 11 is 0. The predicted molar refractivity (Wildman–Crippen MR) is 87.5 cm³/mol. The molecule has 0 saturated carbocycles. The van der Waals surface area contributed by atoms with E-state index in [0.717, 1.165) is 16.7 Å². The highest BCUT2D eigenvalue weighted by Gasteiger charge is 2.31. The van der Waals surface area contributed by atoms with E-state index in [9.17, 15) is 14.4 Å². The smallest absolute Gasteiger partial charge is 0.249 e. The van der Waals surface area contributed by atoms with Gasteiger partial charge in [0.2, 0.25) is 18.2 Å². The molecule has 1 aromatic carbocycles. The molecule has 1 fully saturated rings. The van der Waals surface area contributed by atoms with Crippen LogP contribution >= 0.6 is 0 Å². The molecule has 1 unspecified atom stereocenters. The molecule has 0 bridgehead atoms. The molecular formula is C18H20N2O4. The van der Waals surface area contributed by atoms with Crippen LogP contribution in [-0.4, -0.2) is 40.9 Å². The fourth-order valence-electron chi connectivity index (χ4n) is 2.64. The molecule has 0 aromatic heterocycles. The first-order valence-electron chi connectivity index (χ1n) is 7.79. The number of aryl methyl sites for hydroxylation is 1. The summed E-state index contributed by atoms with van der Waals surface area (Å²) in [4.78, 5) is 36.2. The highest BCUT2D eigenvalue weighted by atomic mass is 16.3. The Balaban J connectivity index is 2.25.